The molecule has 0 saturated heterocycles. The minimum atomic E-state index is -4.47. The number of ether oxygens (including phenoxy) is 1. The molecule has 4 aromatic rings. The van der Waals surface area contributed by atoms with E-state index in [2.05, 4.69) is 45.7 Å². The first kappa shape index (κ1) is 30.0. The number of fused-ring (bicyclic) bond motifs is 1. The fourth-order valence-corrected chi connectivity index (χ4v) is 6.03. The number of amides is 1. The highest BCUT2D eigenvalue weighted by atomic mass is 79.9. The molecule has 2 N–H and O–H groups in total. The van der Waals surface area contributed by atoms with Gasteiger partial charge in [-0.1, -0.05) is 19.6 Å². The number of carbonyl (C=O) groups excluding carboxylic acids is 1. The Bertz CT molecular complexity index is 1600. The molecule has 0 unspecified atom stereocenters. The van der Waals surface area contributed by atoms with Crippen molar-refractivity contribution in [2.24, 2.45) is 0 Å². The van der Waals surface area contributed by atoms with Crippen LogP contribution in [0.3, 0.4) is 0 Å². The highest BCUT2D eigenvalue weighted by Gasteiger charge is 2.36. The molecular weight excluding hydrogens is 631 g/mol. The molecule has 222 valence electrons. The summed E-state index contributed by atoms with van der Waals surface area (Å²) in [7, 11) is -1.30. The topological polar surface area (TPSA) is 104 Å². The molecule has 0 bridgehead atoms. The Labute approximate surface area is 250 Å². The maximum Gasteiger partial charge on any atom is 0.416 e. The molecule has 9 nitrogen and oxygen atoms in total. The number of pyridine rings is 1. The van der Waals surface area contributed by atoms with Gasteiger partial charge in [0.2, 0.25) is 0 Å². The number of benzene rings is 1. The Morgan fingerprint density at radius 3 is 2.45 bits per heavy atom. The first-order chi connectivity index (χ1) is 19.7. The summed E-state index contributed by atoms with van der Waals surface area (Å²) in [6.07, 6.45) is -1.25. The molecule has 42 heavy (non-hydrogen) atoms. The zero-order valence-corrected chi connectivity index (χ0v) is 26.2. The molecule has 1 amide bonds. The molecule has 0 spiro atoms. The van der Waals surface area contributed by atoms with E-state index in [1.807, 2.05) is 17.6 Å². The van der Waals surface area contributed by atoms with Gasteiger partial charge in [0.1, 0.15) is 34.4 Å². The third-order valence-corrected chi connectivity index (χ3v) is 9.54. The number of rotatable bonds is 8. The minimum absolute atomic E-state index is 0.212. The molecule has 3 aromatic heterocycles. The number of hydrogen-bond donors (Lipinski definition) is 1. The molecule has 0 aliphatic carbocycles. The summed E-state index contributed by atoms with van der Waals surface area (Å²) in [6.45, 7) is 9.79. The van der Waals surface area contributed by atoms with Crippen LogP contribution in [0.1, 0.15) is 29.0 Å². The largest absolute Gasteiger partial charge is 0.416 e. The smallest absolute Gasteiger partial charge is 0.384 e. The van der Waals surface area contributed by atoms with Gasteiger partial charge in [-0.05, 0) is 65.3 Å². The van der Waals surface area contributed by atoms with Gasteiger partial charge in [0.25, 0.3) is 5.91 Å². The van der Waals surface area contributed by atoms with Crippen molar-refractivity contribution in [1.82, 2.24) is 24.3 Å². The molecule has 1 atom stereocenters. The minimum Gasteiger partial charge on any atom is -0.384 e. The summed E-state index contributed by atoms with van der Waals surface area (Å²) >= 11 is 3.69. The van der Waals surface area contributed by atoms with E-state index in [4.69, 9.17) is 15.5 Å². The van der Waals surface area contributed by atoms with Crippen LogP contribution in [0.25, 0.3) is 22.6 Å². The second kappa shape index (κ2) is 11.3. The van der Waals surface area contributed by atoms with Crippen molar-refractivity contribution >= 4 is 41.4 Å². The number of nitrogen functional groups attached to an aromatic ring is 1. The Balaban J connectivity index is 1.53. The van der Waals surface area contributed by atoms with Crippen LogP contribution in [-0.4, -0.2) is 51.4 Å². The van der Waals surface area contributed by atoms with Crippen molar-refractivity contribution < 1.29 is 22.7 Å². The van der Waals surface area contributed by atoms with E-state index < -0.39 is 19.8 Å². The number of imidazole rings is 1. The van der Waals surface area contributed by atoms with Gasteiger partial charge < -0.3 is 15.4 Å². The second-order valence-corrected chi connectivity index (χ2v) is 17.9. The lowest BCUT2D eigenvalue weighted by molar-refractivity contribution is -0.137. The molecule has 1 aromatic carbocycles. The normalized spacial score (nSPS) is 15.8. The van der Waals surface area contributed by atoms with Crippen LogP contribution in [0.2, 0.25) is 25.7 Å². The van der Waals surface area contributed by atoms with Crippen molar-refractivity contribution in [1.29, 1.82) is 0 Å². The fourth-order valence-electron chi connectivity index (χ4n) is 4.70. The van der Waals surface area contributed by atoms with Gasteiger partial charge in [0, 0.05) is 38.7 Å². The molecule has 0 fully saturated rings. The van der Waals surface area contributed by atoms with E-state index in [9.17, 15) is 18.0 Å². The van der Waals surface area contributed by atoms with Gasteiger partial charge in [-0.15, -0.1) is 0 Å². The Hall–Kier alpha value is -3.49. The van der Waals surface area contributed by atoms with Gasteiger partial charge in [-0.25, -0.2) is 9.97 Å². The van der Waals surface area contributed by atoms with Crippen LogP contribution < -0.4 is 10.6 Å². The quantitative estimate of drug-likeness (QED) is 0.166. The Morgan fingerprint density at radius 2 is 1.83 bits per heavy atom. The average molecular weight is 663 g/mol. The maximum absolute atomic E-state index is 13.9. The van der Waals surface area contributed by atoms with E-state index in [0.717, 1.165) is 18.2 Å². The number of anilines is 2. The first-order valence-electron chi connectivity index (χ1n) is 13.4. The molecule has 4 heterocycles. The van der Waals surface area contributed by atoms with Crippen molar-refractivity contribution in [2.45, 2.75) is 51.6 Å². The van der Waals surface area contributed by atoms with E-state index in [0.29, 0.717) is 51.1 Å². The lowest BCUT2D eigenvalue weighted by Gasteiger charge is -2.32. The third-order valence-electron chi connectivity index (χ3n) is 7.04. The van der Waals surface area contributed by atoms with Crippen molar-refractivity contribution in [2.75, 3.05) is 23.8 Å². The maximum atomic E-state index is 13.9. The van der Waals surface area contributed by atoms with Crippen molar-refractivity contribution in [3.63, 3.8) is 0 Å². The Morgan fingerprint density at radius 1 is 1.12 bits per heavy atom. The van der Waals surface area contributed by atoms with E-state index in [-0.39, 0.29) is 25.2 Å². The van der Waals surface area contributed by atoms with Gasteiger partial charge in [0.15, 0.2) is 0 Å². The summed E-state index contributed by atoms with van der Waals surface area (Å²) in [4.78, 5) is 24.4. The first-order valence-corrected chi connectivity index (χ1v) is 17.9. The molecular formula is C28H31BrF3N7O2Si. The summed E-state index contributed by atoms with van der Waals surface area (Å²) in [5.74, 6) is 0.549. The molecule has 1 aliphatic rings. The number of alkyl halides is 3. The number of carbonyl (C=O) groups is 1. The third kappa shape index (κ3) is 6.01. The summed E-state index contributed by atoms with van der Waals surface area (Å²) in [5, 5.41) is 4.50. The molecule has 1 aliphatic heterocycles. The molecule has 0 saturated carbocycles. The standard InChI is InChI=1S/C28H31BrF3N7O2Si/c1-17-15-37(20-8-6-19(7-9-20)28(30,31)32)27(40)24-21(14-35-39(17)24)23-25(29)38(16-41-11-12-42(2,3)4)26(36-23)18-5-10-22(33)34-13-18/h5-10,13-14,17H,11-12,15-16H2,1-4H3,(H2,33,34)/t17-/m0/s1. The van der Waals surface area contributed by atoms with Gasteiger partial charge in [-0.3, -0.25) is 14.0 Å². The predicted molar refractivity (Wildman–Crippen MR) is 161 cm³/mol. The van der Waals surface area contributed by atoms with E-state index in [1.54, 1.807) is 23.1 Å². The zero-order chi connectivity index (χ0) is 30.4. The van der Waals surface area contributed by atoms with Gasteiger partial charge >= 0.3 is 6.18 Å². The van der Waals surface area contributed by atoms with Crippen molar-refractivity contribution in [3.05, 3.63) is 64.7 Å². The van der Waals surface area contributed by atoms with E-state index >= 15 is 0 Å². The fraction of sp³-hybridized carbons (Fsp3) is 0.357. The Kier molecular flexibility index (Phi) is 8.07. The van der Waals surface area contributed by atoms with Crippen LogP contribution in [0.15, 0.2) is 53.4 Å². The highest BCUT2D eigenvalue weighted by molar-refractivity contribution is 9.10. The van der Waals surface area contributed by atoms with Crippen LogP contribution in [0.4, 0.5) is 24.7 Å². The summed E-state index contributed by atoms with van der Waals surface area (Å²) in [6, 6.07) is 8.84. The van der Waals surface area contributed by atoms with Crippen LogP contribution in [0, 0.1) is 0 Å². The summed E-state index contributed by atoms with van der Waals surface area (Å²) < 4.78 is 49.6. The van der Waals surface area contributed by atoms with Crippen LogP contribution >= 0.6 is 15.9 Å². The van der Waals surface area contributed by atoms with Crippen molar-refractivity contribution in [3.8, 4) is 22.6 Å². The number of nitrogens with two attached hydrogens (primary N) is 1. The average Bonchev–Trinajstić information content (AvgIpc) is 3.50. The van der Waals surface area contributed by atoms with Gasteiger partial charge in [-0.2, -0.15) is 18.3 Å². The second-order valence-electron chi connectivity index (χ2n) is 11.5. The van der Waals surface area contributed by atoms with Gasteiger partial charge in [0.05, 0.1) is 23.4 Å². The SMILES string of the molecule is C[C@H]1CN(c2ccc(C(F)(F)F)cc2)C(=O)c2c(-c3nc(-c4ccc(N)nc4)n(COCC[Si](C)(C)C)c3Br)cnn21. The monoisotopic (exact) mass is 661 g/mol. The number of aromatic nitrogens is 5. The zero-order valence-electron chi connectivity index (χ0n) is 23.6. The van der Waals surface area contributed by atoms with Crippen LogP contribution in [0.5, 0.6) is 0 Å². The molecule has 0 radical (unpaired) electrons. The number of halogens is 4. The molecule has 14 heteroatoms. The molecule has 5 rings (SSSR count). The van der Waals surface area contributed by atoms with E-state index in [1.165, 1.54) is 17.0 Å². The predicted octanol–water partition coefficient (Wildman–Crippen LogP) is 6.71. The van der Waals surface area contributed by atoms with Crippen LogP contribution in [-0.2, 0) is 17.6 Å². The number of nitrogens with zero attached hydrogens (tertiary/aromatic N) is 6. The highest BCUT2D eigenvalue weighted by Crippen LogP contribution is 2.38. The number of hydrogen-bond acceptors (Lipinski definition) is 6. The lowest BCUT2D eigenvalue weighted by Crippen LogP contribution is -2.42. The summed E-state index contributed by atoms with van der Waals surface area (Å²) in [5.41, 5.74) is 7.37. The lowest BCUT2D eigenvalue weighted by atomic mass is 10.1.